The summed E-state index contributed by atoms with van der Waals surface area (Å²) in [6, 6.07) is 9.25. The van der Waals surface area contributed by atoms with Crippen molar-refractivity contribution in [3.05, 3.63) is 77.1 Å². The van der Waals surface area contributed by atoms with Crippen LogP contribution in [0, 0.1) is 0 Å². The van der Waals surface area contributed by atoms with Crippen LogP contribution in [0.25, 0.3) is 0 Å². The highest BCUT2D eigenvalue weighted by atomic mass is 35.5. The molecule has 4 nitrogen and oxygen atoms in total. The number of halogens is 4. The number of hydrogen-bond acceptors (Lipinski definition) is 5. The first-order valence-electron chi connectivity index (χ1n) is 9.48. The molecule has 1 fully saturated rings. The zero-order valence-corrected chi connectivity index (χ0v) is 17.7. The molecule has 160 valence electrons. The van der Waals surface area contributed by atoms with E-state index >= 15 is 0 Å². The van der Waals surface area contributed by atoms with Gasteiger partial charge >= 0.3 is 6.18 Å². The Hall–Kier alpha value is -2.16. The molecule has 1 aromatic carbocycles. The Morgan fingerprint density at radius 2 is 1.77 bits per heavy atom. The Morgan fingerprint density at radius 1 is 1.03 bits per heavy atom. The molecule has 1 N–H and O–H groups in total. The fourth-order valence-electron chi connectivity index (χ4n) is 3.64. The van der Waals surface area contributed by atoms with Crippen LogP contribution >= 0.6 is 23.7 Å². The summed E-state index contributed by atoms with van der Waals surface area (Å²) >= 11 is 1.64. The molecule has 30 heavy (non-hydrogen) atoms. The molecule has 2 aromatic heterocycles. The van der Waals surface area contributed by atoms with E-state index in [0.717, 1.165) is 54.3 Å². The van der Waals surface area contributed by atoms with Gasteiger partial charge in [-0.05, 0) is 42.2 Å². The molecule has 3 heterocycles. The molecule has 9 heteroatoms. The van der Waals surface area contributed by atoms with Crippen molar-refractivity contribution < 1.29 is 13.2 Å². The van der Waals surface area contributed by atoms with Gasteiger partial charge in [-0.25, -0.2) is 4.98 Å². The Labute approximate surface area is 183 Å². The van der Waals surface area contributed by atoms with Crippen LogP contribution in [-0.4, -0.2) is 29.1 Å². The Morgan fingerprint density at radius 3 is 2.33 bits per heavy atom. The van der Waals surface area contributed by atoms with Crippen LogP contribution in [0.1, 0.15) is 35.6 Å². The van der Waals surface area contributed by atoms with Crippen molar-refractivity contribution in [1.29, 1.82) is 0 Å². The lowest BCUT2D eigenvalue weighted by Gasteiger charge is -2.34. The highest BCUT2D eigenvalue weighted by Crippen LogP contribution is 2.32. The molecule has 1 atom stereocenters. The van der Waals surface area contributed by atoms with Gasteiger partial charge in [0.1, 0.15) is 0 Å². The van der Waals surface area contributed by atoms with Crippen molar-refractivity contribution in [2.75, 3.05) is 18.0 Å². The summed E-state index contributed by atoms with van der Waals surface area (Å²) in [5.74, 6) is 0. The number of alkyl halides is 3. The van der Waals surface area contributed by atoms with Crippen LogP contribution in [0.4, 0.5) is 18.3 Å². The maximum Gasteiger partial charge on any atom is 0.416 e. The average molecular weight is 455 g/mol. The lowest BCUT2D eigenvalue weighted by Crippen LogP contribution is -2.44. The first-order valence-corrected chi connectivity index (χ1v) is 10.4. The van der Waals surface area contributed by atoms with E-state index in [1.807, 2.05) is 23.7 Å². The number of piperidine rings is 1. The second-order valence-electron chi connectivity index (χ2n) is 7.08. The van der Waals surface area contributed by atoms with E-state index < -0.39 is 11.7 Å². The molecular weight excluding hydrogens is 433 g/mol. The lowest BCUT2D eigenvalue weighted by atomic mass is 9.96. The molecule has 3 aromatic rings. The molecule has 0 amide bonds. The molecule has 4 rings (SSSR count). The van der Waals surface area contributed by atoms with Gasteiger partial charge in [-0.1, -0.05) is 18.2 Å². The number of aromatic nitrogens is 2. The van der Waals surface area contributed by atoms with Crippen LogP contribution in [0.2, 0.25) is 0 Å². The zero-order chi connectivity index (χ0) is 20.3. The molecule has 0 spiro atoms. The van der Waals surface area contributed by atoms with Crippen molar-refractivity contribution in [3.8, 4) is 0 Å². The molecule has 0 bridgehead atoms. The van der Waals surface area contributed by atoms with Gasteiger partial charge in [0, 0.05) is 43.1 Å². The van der Waals surface area contributed by atoms with E-state index in [-0.39, 0.29) is 24.5 Å². The van der Waals surface area contributed by atoms with E-state index in [4.69, 9.17) is 0 Å². The van der Waals surface area contributed by atoms with Gasteiger partial charge in [0.2, 0.25) is 0 Å². The molecule has 0 radical (unpaired) electrons. The van der Waals surface area contributed by atoms with E-state index in [1.54, 1.807) is 35.9 Å². The second kappa shape index (κ2) is 9.76. The minimum atomic E-state index is -4.33. The van der Waals surface area contributed by atoms with Gasteiger partial charge in [0.05, 0.1) is 11.6 Å². The van der Waals surface area contributed by atoms with Crippen LogP contribution < -0.4 is 10.2 Å². The summed E-state index contributed by atoms with van der Waals surface area (Å²) in [5.41, 5.74) is 1.10. The predicted octanol–water partition coefficient (Wildman–Crippen LogP) is 5.33. The van der Waals surface area contributed by atoms with Gasteiger partial charge in [0.25, 0.3) is 0 Å². The number of anilines is 1. The molecule has 1 saturated heterocycles. The normalized spacial score (nSPS) is 16.2. The minimum absolute atomic E-state index is 0. The quantitative estimate of drug-likeness (QED) is 0.566. The monoisotopic (exact) mass is 454 g/mol. The minimum Gasteiger partial charge on any atom is -0.348 e. The highest BCUT2D eigenvalue weighted by Gasteiger charge is 2.31. The molecule has 1 aliphatic rings. The largest absolute Gasteiger partial charge is 0.416 e. The third-order valence-corrected chi connectivity index (χ3v) is 6.01. The van der Waals surface area contributed by atoms with Crippen molar-refractivity contribution in [1.82, 2.24) is 15.3 Å². The van der Waals surface area contributed by atoms with E-state index in [2.05, 4.69) is 20.2 Å². The third kappa shape index (κ3) is 5.30. The second-order valence-corrected chi connectivity index (χ2v) is 7.95. The Balaban J connectivity index is 0.00000256. The number of nitrogens with zero attached hydrogens (tertiary/aromatic N) is 3. The standard InChI is InChI=1S/C21H21F3N4S.ClH/c22-21(23,24)17-5-3-15(4-6-17)19(16-2-1-9-25-14-16)27-18-7-11-28(12-8-18)20-26-10-13-29-20;/h1-6,9-10,13-14,18-19,27H,7-8,11-12H2;1H. The SMILES string of the molecule is Cl.FC(F)(F)c1ccc(C(NC2CCN(c3nccs3)CC2)c2cccnc2)cc1. The number of rotatable bonds is 5. The van der Waals surface area contributed by atoms with E-state index in [1.165, 1.54) is 0 Å². The fourth-order valence-corrected chi connectivity index (χ4v) is 4.34. The number of nitrogens with one attached hydrogen (secondary N) is 1. The van der Waals surface area contributed by atoms with Gasteiger partial charge in [-0.3, -0.25) is 4.98 Å². The van der Waals surface area contributed by atoms with Gasteiger partial charge in [-0.2, -0.15) is 13.2 Å². The van der Waals surface area contributed by atoms with Crippen LogP contribution in [0.15, 0.2) is 60.4 Å². The van der Waals surface area contributed by atoms with Crippen molar-refractivity contribution >= 4 is 28.9 Å². The van der Waals surface area contributed by atoms with Crippen molar-refractivity contribution in [2.45, 2.75) is 31.1 Å². The van der Waals surface area contributed by atoms with Crippen LogP contribution in [0.3, 0.4) is 0 Å². The van der Waals surface area contributed by atoms with Crippen molar-refractivity contribution in [3.63, 3.8) is 0 Å². The molecule has 1 unspecified atom stereocenters. The summed E-state index contributed by atoms with van der Waals surface area (Å²) in [6.45, 7) is 1.80. The number of benzene rings is 1. The Kier molecular flexibility index (Phi) is 7.33. The van der Waals surface area contributed by atoms with Gasteiger partial charge < -0.3 is 10.2 Å². The van der Waals surface area contributed by atoms with Crippen molar-refractivity contribution in [2.24, 2.45) is 0 Å². The third-order valence-electron chi connectivity index (χ3n) is 5.18. The first-order chi connectivity index (χ1) is 14.0. The van der Waals surface area contributed by atoms with E-state index in [9.17, 15) is 13.2 Å². The van der Waals surface area contributed by atoms with Gasteiger partial charge in [0.15, 0.2) is 5.13 Å². The van der Waals surface area contributed by atoms with E-state index in [0.29, 0.717) is 0 Å². The maximum atomic E-state index is 12.9. The van der Waals surface area contributed by atoms with Crippen LogP contribution in [0.5, 0.6) is 0 Å². The summed E-state index contributed by atoms with van der Waals surface area (Å²) in [5, 5.41) is 6.66. The number of hydrogen-bond donors (Lipinski definition) is 1. The first kappa shape index (κ1) is 22.5. The smallest absolute Gasteiger partial charge is 0.348 e. The summed E-state index contributed by atoms with van der Waals surface area (Å²) in [4.78, 5) is 10.8. The average Bonchev–Trinajstić information content (AvgIpc) is 3.27. The summed E-state index contributed by atoms with van der Waals surface area (Å²) in [7, 11) is 0. The zero-order valence-electron chi connectivity index (χ0n) is 16.0. The molecule has 0 aliphatic carbocycles. The lowest BCUT2D eigenvalue weighted by molar-refractivity contribution is -0.137. The number of pyridine rings is 1. The maximum absolute atomic E-state index is 12.9. The summed E-state index contributed by atoms with van der Waals surface area (Å²) < 4.78 is 38.8. The van der Waals surface area contributed by atoms with Gasteiger partial charge in [-0.15, -0.1) is 23.7 Å². The molecule has 1 aliphatic heterocycles. The number of thiazole rings is 1. The van der Waals surface area contributed by atoms with Crippen LogP contribution in [-0.2, 0) is 6.18 Å². The topological polar surface area (TPSA) is 41.0 Å². The fraction of sp³-hybridized carbons (Fsp3) is 0.333. The molecular formula is C21H22ClF3N4S. The molecule has 0 saturated carbocycles. The summed E-state index contributed by atoms with van der Waals surface area (Å²) in [6.07, 6.45) is 2.82. The predicted molar refractivity (Wildman–Crippen MR) is 115 cm³/mol. The highest BCUT2D eigenvalue weighted by molar-refractivity contribution is 7.13. The Bertz CT molecular complexity index is 896.